The molecular weight excluding hydrogens is 309 g/mol. The number of hydrogen-bond donors (Lipinski definition) is 0. The van der Waals surface area contributed by atoms with Gasteiger partial charge in [0, 0.05) is 0 Å². The summed E-state index contributed by atoms with van der Waals surface area (Å²) in [5, 5.41) is -1.83. The lowest BCUT2D eigenvalue weighted by molar-refractivity contribution is 0.106. The quantitative estimate of drug-likeness (QED) is 0.787. The van der Waals surface area contributed by atoms with E-state index in [0.29, 0.717) is 11.1 Å². The largest absolute Gasteiger partial charge is 0.275 e. The molecule has 0 bridgehead atoms. The second-order valence-corrected chi connectivity index (χ2v) is 4.62. The molecule has 0 spiro atoms. The standard InChI is InChI=1S/C14H6Cl2F2O2/c15-13(19)9-3-1-7(5-11(9)17)8-2-4-10(14(16)20)12(18)6-8/h1-6H. The number of rotatable bonds is 3. The highest BCUT2D eigenvalue weighted by molar-refractivity contribution is 6.68. The monoisotopic (exact) mass is 314 g/mol. The molecule has 2 aromatic rings. The van der Waals surface area contributed by atoms with Crippen molar-refractivity contribution in [2.24, 2.45) is 0 Å². The fraction of sp³-hybridized carbons (Fsp3) is 0. The topological polar surface area (TPSA) is 34.1 Å². The molecule has 0 aliphatic rings. The smallest absolute Gasteiger partial charge is 0.255 e. The number of carbonyl (C=O) groups is 2. The molecule has 0 heterocycles. The summed E-state index contributed by atoms with van der Waals surface area (Å²) >= 11 is 10.4. The molecule has 0 aliphatic heterocycles. The van der Waals surface area contributed by atoms with Crippen LogP contribution in [0.3, 0.4) is 0 Å². The van der Waals surface area contributed by atoms with Gasteiger partial charge in [-0.2, -0.15) is 0 Å². The summed E-state index contributed by atoms with van der Waals surface area (Å²) < 4.78 is 27.2. The minimum atomic E-state index is -0.914. The Bertz CT molecular complexity index is 653. The van der Waals surface area contributed by atoms with Crippen LogP contribution in [0.1, 0.15) is 20.7 Å². The van der Waals surface area contributed by atoms with Crippen molar-refractivity contribution in [1.82, 2.24) is 0 Å². The molecule has 20 heavy (non-hydrogen) atoms. The Kier molecular flexibility index (Phi) is 4.16. The highest BCUT2D eigenvalue weighted by Gasteiger charge is 2.13. The fourth-order valence-electron chi connectivity index (χ4n) is 1.71. The average Bonchev–Trinajstić information content (AvgIpc) is 2.37. The van der Waals surface area contributed by atoms with Crippen LogP contribution in [0.15, 0.2) is 36.4 Å². The van der Waals surface area contributed by atoms with E-state index in [4.69, 9.17) is 23.2 Å². The first-order valence-corrected chi connectivity index (χ1v) is 6.15. The Morgan fingerprint density at radius 2 is 1.10 bits per heavy atom. The minimum Gasteiger partial charge on any atom is -0.275 e. The van der Waals surface area contributed by atoms with Crippen LogP contribution in [0.25, 0.3) is 11.1 Å². The highest BCUT2D eigenvalue weighted by Crippen LogP contribution is 2.25. The molecule has 102 valence electrons. The van der Waals surface area contributed by atoms with Crippen molar-refractivity contribution < 1.29 is 18.4 Å². The first kappa shape index (κ1) is 14.6. The Labute approximate surface area is 122 Å². The molecule has 6 heteroatoms. The lowest BCUT2D eigenvalue weighted by Gasteiger charge is -2.05. The van der Waals surface area contributed by atoms with Crippen LogP contribution in [0.5, 0.6) is 0 Å². The molecule has 0 saturated carbocycles. The van der Waals surface area contributed by atoms with Crippen molar-refractivity contribution in [3.05, 3.63) is 59.2 Å². The van der Waals surface area contributed by atoms with Crippen molar-refractivity contribution in [2.45, 2.75) is 0 Å². The second-order valence-electron chi connectivity index (χ2n) is 3.94. The average molecular weight is 315 g/mol. The lowest BCUT2D eigenvalue weighted by atomic mass is 10.0. The molecule has 0 atom stereocenters. The zero-order chi connectivity index (χ0) is 14.9. The van der Waals surface area contributed by atoms with Crippen LogP contribution in [0, 0.1) is 11.6 Å². The van der Waals surface area contributed by atoms with Crippen molar-refractivity contribution in [3.8, 4) is 11.1 Å². The molecule has 2 rings (SSSR count). The van der Waals surface area contributed by atoms with Gasteiger partial charge in [-0.1, -0.05) is 12.1 Å². The maximum absolute atomic E-state index is 13.6. The van der Waals surface area contributed by atoms with Crippen LogP contribution >= 0.6 is 23.2 Å². The molecular formula is C14H6Cl2F2O2. The summed E-state index contributed by atoms with van der Waals surface area (Å²) in [6.45, 7) is 0. The van der Waals surface area contributed by atoms with E-state index >= 15 is 0 Å². The van der Waals surface area contributed by atoms with Crippen molar-refractivity contribution in [1.29, 1.82) is 0 Å². The van der Waals surface area contributed by atoms with Crippen molar-refractivity contribution >= 4 is 33.7 Å². The molecule has 0 saturated heterocycles. The van der Waals surface area contributed by atoms with E-state index in [1.807, 2.05) is 0 Å². The highest BCUT2D eigenvalue weighted by atomic mass is 35.5. The normalized spacial score (nSPS) is 10.4. The number of carbonyl (C=O) groups excluding carboxylic acids is 2. The summed E-state index contributed by atoms with van der Waals surface area (Å²) in [5.74, 6) is -1.61. The number of benzene rings is 2. The Morgan fingerprint density at radius 3 is 1.35 bits per heavy atom. The van der Waals surface area contributed by atoms with E-state index in [9.17, 15) is 18.4 Å². The summed E-state index contributed by atoms with van der Waals surface area (Å²) in [5.41, 5.74) is 0.167. The Hall–Kier alpha value is -1.78. The van der Waals surface area contributed by atoms with E-state index in [1.54, 1.807) is 0 Å². The summed E-state index contributed by atoms with van der Waals surface area (Å²) in [4.78, 5) is 21.8. The SMILES string of the molecule is O=C(Cl)c1ccc(-c2ccc(C(=O)Cl)c(F)c2)cc1F. The summed E-state index contributed by atoms with van der Waals surface area (Å²) in [7, 11) is 0. The van der Waals surface area contributed by atoms with Crippen molar-refractivity contribution in [2.75, 3.05) is 0 Å². The van der Waals surface area contributed by atoms with Crippen molar-refractivity contribution in [3.63, 3.8) is 0 Å². The summed E-state index contributed by atoms with van der Waals surface area (Å²) in [6.07, 6.45) is 0. The number of halogens is 4. The van der Waals surface area contributed by atoms with Gasteiger partial charge in [-0.3, -0.25) is 9.59 Å². The summed E-state index contributed by atoms with van der Waals surface area (Å²) in [6, 6.07) is 7.39. The maximum Gasteiger partial charge on any atom is 0.255 e. The first-order valence-electron chi connectivity index (χ1n) is 5.39. The molecule has 0 aliphatic carbocycles. The van der Waals surface area contributed by atoms with Gasteiger partial charge in [0.1, 0.15) is 11.6 Å². The van der Waals surface area contributed by atoms with Gasteiger partial charge in [-0.25, -0.2) is 8.78 Å². The molecule has 0 N–H and O–H groups in total. The van der Waals surface area contributed by atoms with Crippen LogP contribution in [-0.4, -0.2) is 10.5 Å². The molecule has 0 amide bonds. The molecule has 0 aromatic heterocycles. The van der Waals surface area contributed by atoms with Gasteiger partial charge < -0.3 is 0 Å². The third-order valence-corrected chi connectivity index (χ3v) is 3.10. The predicted molar refractivity (Wildman–Crippen MR) is 72.2 cm³/mol. The van der Waals surface area contributed by atoms with Gasteiger partial charge >= 0.3 is 0 Å². The Morgan fingerprint density at radius 1 is 0.750 bits per heavy atom. The van der Waals surface area contributed by atoms with E-state index in [2.05, 4.69) is 0 Å². The van der Waals surface area contributed by atoms with Crippen LogP contribution in [-0.2, 0) is 0 Å². The van der Waals surface area contributed by atoms with E-state index in [-0.39, 0.29) is 11.1 Å². The maximum atomic E-state index is 13.6. The van der Waals surface area contributed by atoms with Gasteiger partial charge in [0.25, 0.3) is 10.5 Å². The van der Waals surface area contributed by atoms with Gasteiger partial charge in [0.2, 0.25) is 0 Å². The molecule has 2 aromatic carbocycles. The third-order valence-electron chi connectivity index (χ3n) is 2.70. The molecule has 0 unspecified atom stereocenters. The number of hydrogen-bond acceptors (Lipinski definition) is 2. The predicted octanol–water partition coefficient (Wildman–Crippen LogP) is 4.39. The zero-order valence-corrected chi connectivity index (χ0v) is 11.3. The van der Waals surface area contributed by atoms with E-state index < -0.39 is 22.1 Å². The molecule has 2 nitrogen and oxygen atoms in total. The molecule has 0 fully saturated rings. The third kappa shape index (κ3) is 2.86. The lowest BCUT2D eigenvalue weighted by Crippen LogP contribution is -1.96. The molecule has 0 radical (unpaired) electrons. The van der Waals surface area contributed by atoms with Gasteiger partial charge in [-0.15, -0.1) is 0 Å². The van der Waals surface area contributed by atoms with Gasteiger partial charge in [-0.05, 0) is 58.6 Å². The fourth-order valence-corrected chi connectivity index (χ4v) is 2.01. The van der Waals surface area contributed by atoms with Gasteiger partial charge in [0.05, 0.1) is 11.1 Å². The van der Waals surface area contributed by atoms with Crippen LogP contribution in [0.4, 0.5) is 8.78 Å². The van der Waals surface area contributed by atoms with Crippen LogP contribution in [0.2, 0.25) is 0 Å². The van der Waals surface area contributed by atoms with E-state index in [0.717, 1.165) is 12.1 Å². The minimum absolute atomic E-state index is 0.261. The first-order chi connectivity index (χ1) is 9.40. The van der Waals surface area contributed by atoms with E-state index in [1.165, 1.54) is 24.3 Å². The second kappa shape index (κ2) is 5.69. The van der Waals surface area contributed by atoms with Crippen LogP contribution < -0.4 is 0 Å². The van der Waals surface area contributed by atoms with Gasteiger partial charge in [0.15, 0.2) is 0 Å². The zero-order valence-electron chi connectivity index (χ0n) is 9.79. The Balaban J connectivity index is 2.47.